The Hall–Kier alpha value is -1.30. The summed E-state index contributed by atoms with van der Waals surface area (Å²) < 4.78 is 15.5. The largest absolute Gasteiger partial charge is 0.473 e. The van der Waals surface area contributed by atoms with E-state index in [0.29, 0.717) is 29.7 Å². The summed E-state index contributed by atoms with van der Waals surface area (Å²) >= 11 is 5.89. The molecule has 1 aromatic heterocycles. The predicted octanol–water partition coefficient (Wildman–Crippen LogP) is 1.83. The predicted molar refractivity (Wildman–Crippen MR) is 64.4 cm³/mol. The second-order valence-electron chi connectivity index (χ2n) is 3.65. The number of nitrogens with zero attached hydrogens (tertiary/aromatic N) is 1. The van der Waals surface area contributed by atoms with E-state index in [4.69, 9.17) is 31.3 Å². The molecular formula is C11H13ClN2O3. The van der Waals surface area contributed by atoms with Gasteiger partial charge in [-0.1, -0.05) is 11.6 Å². The quantitative estimate of drug-likeness (QED) is 0.884. The van der Waals surface area contributed by atoms with Crippen LogP contribution >= 0.6 is 11.6 Å². The molecule has 92 valence electrons. The first kappa shape index (κ1) is 12.2. The third-order valence-corrected chi connectivity index (χ3v) is 2.45. The van der Waals surface area contributed by atoms with E-state index in [1.54, 1.807) is 25.3 Å². The van der Waals surface area contributed by atoms with Crippen LogP contribution in [0.1, 0.15) is 0 Å². The van der Waals surface area contributed by atoms with E-state index in [2.05, 4.69) is 5.16 Å². The second kappa shape index (κ2) is 5.35. The maximum atomic E-state index is 5.89. The highest BCUT2D eigenvalue weighted by Crippen LogP contribution is 2.27. The number of fused-ring (bicyclic) bond motifs is 1. The van der Waals surface area contributed by atoms with Crippen LogP contribution in [0.4, 0.5) is 0 Å². The highest BCUT2D eigenvalue weighted by atomic mass is 35.5. The zero-order chi connectivity index (χ0) is 12.3. The van der Waals surface area contributed by atoms with Gasteiger partial charge in [0.25, 0.3) is 5.88 Å². The van der Waals surface area contributed by atoms with Crippen molar-refractivity contribution in [3.05, 3.63) is 23.2 Å². The van der Waals surface area contributed by atoms with Crippen molar-refractivity contribution in [3.63, 3.8) is 0 Å². The van der Waals surface area contributed by atoms with Crippen LogP contribution in [-0.2, 0) is 4.74 Å². The molecule has 0 amide bonds. The molecule has 2 aromatic rings. The molecule has 0 fully saturated rings. The summed E-state index contributed by atoms with van der Waals surface area (Å²) in [4.78, 5) is 0. The van der Waals surface area contributed by atoms with E-state index in [-0.39, 0.29) is 6.04 Å². The molecule has 0 radical (unpaired) electrons. The normalized spacial score (nSPS) is 12.9. The second-order valence-corrected chi connectivity index (χ2v) is 4.09. The average molecular weight is 257 g/mol. The van der Waals surface area contributed by atoms with E-state index < -0.39 is 0 Å². The van der Waals surface area contributed by atoms with Crippen LogP contribution in [0.2, 0.25) is 5.02 Å². The molecule has 1 unspecified atom stereocenters. The summed E-state index contributed by atoms with van der Waals surface area (Å²) in [6, 6.07) is 5.01. The number of benzene rings is 1. The molecule has 2 rings (SSSR count). The number of methoxy groups -OCH3 is 1. The monoisotopic (exact) mass is 256 g/mol. The maximum Gasteiger partial charge on any atom is 0.262 e. The number of hydrogen-bond donors (Lipinski definition) is 1. The third-order valence-electron chi connectivity index (χ3n) is 2.21. The Morgan fingerprint density at radius 2 is 2.29 bits per heavy atom. The lowest BCUT2D eigenvalue weighted by atomic mass is 10.2. The van der Waals surface area contributed by atoms with Crippen LogP contribution in [0.15, 0.2) is 22.7 Å². The van der Waals surface area contributed by atoms with E-state index in [0.717, 1.165) is 5.39 Å². The average Bonchev–Trinajstić information content (AvgIpc) is 2.69. The van der Waals surface area contributed by atoms with Crippen molar-refractivity contribution in [2.24, 2.45) is 5.73 Å². The van der Waals surface area contributed by atoms with Crippen LogP contribution in [-0.4, -0.2) is 31.5 Å². The fraction of sp³-hybridized carbons (Fsp3) is 0.364. The zero-order valence-corrected chi connectivity index (χ0v) is 10.1. The van der Waals surface area contributed by atoms with Gasteiger partial charge in [-0.25, -0.2) is 0 Å². The van der Waals surface area contributed by atoms with E-state index in [1.165, 1.54) is 0 Å². The molecule has 2 N–H and O–H groups in total. The highest BCUT2D eigenvalue weighted by Gasteiger charge is 2.11. The number of ether oxygens (including phenoxy) is 2. The molecule has 0 aliphatic carbocycles. The van der Waals surface area contributed by atoms with Crippen molar-refractivity contribution in [2.45, 2.75) is 6.04 Å². The van der Waals surface area contributed by atoms with Gasteiger partial charge in [-0.15, -0.1) is 0 Å². The highest BCUT2D eigenvalue weighted by molar-refractivity contribution is 6.31. The van der Waals surface area contributed by atoms with Gasteiger partial charge in [0, 0.05) is 12.1 Å². The van der Waals surface area contributed by atoms with Crippen LogP contribution in [0.3, 0.4) is 0 Å². The summed E-state index contributed by atoms with van der Waals surface area (Å²) in [5, 5.41) is 5.16. The van der Waals surface area contributed by atoms with E-state index in [9.17, 15) is 0 Å². The molecule has 6 heteroatoms. The SMILES string of the molecule is COCC(N)COc1noc2ccc(Cl)cc12. The van der Waals surface area contributed by atoms with Gasteiger partial charge >= 0.3 is 0 Å². The fourth-order valence-electron chi connectivity index (χ4n) is 1.44. The Bertz CT molecular complexity index is 500. The smallest absolute Gasteiger partial charge is 0.262 e. The Kier molecular flexibility index (Phi) is 3.83. The molecule has 5 nitrogen and oxygen atoms in total. The van der Waals surface area contributed by atoms with Crippen LogP contribution in [0, 0.1) is 0 Å². The fourth-order valence-corrected chi connectivity index (χ4v) is 1.61. The summed E-state index contributed by atoms with van der Waals surface area (Å²) in [6.45, 7) is 0.735. The molecule has 1 atom stereocenters. The van der Waals surface area contributed by atoms with Gasteiger partial charge < -0.3 is 19.7 Å². The molecule has 0 saturated heterocycles. The Balaban J connectivity index is 2.10. The first-order valence-corrected chi connectivity index (χ1v) is 5.50. The number of halogens is 1. The van der Waals surface area contributed by atoms with Crippen LogP contribution in [0.25, 0.3) is 11.0 Å². The van der Waals surface area contributed by atoms with Crippen LogP contribution in [0.5, 0.6) is 5.88 Å². The minimum absolute atomic E-state index is 0.203. The number of hydrogen-bond acceptors (Lipinski definition) is 5. The molecule has 17 heavy (non-hydrogen) atoms. The zero-order valence-electron chi connectivity index (χ0n) is 9.35. The van der Waals surface area contributed by atoms with Gasteiger partial charge in [-0.2, -0.15) is 0 Å². The lowest BCUT2D eigenvalue weighted by Crippen LogP contribution is -2.32. The van der Waals surface area contributed by atoms with Crippen molar-refractivity contribution in [1.29, 1.82) is 0 Å². The van der Waals surface area contributed by atoms with Gasteiger partial charge in [0.05, 0.1) is 18.0 Å². The van der Waals surface area contributed by atoms with Crippen LogP contribution < -0.4 is 10.5 Å². The lowest BCUT2D eigenvalue weighted by Gasteiger charge is -2.09. The summed E-state index contributed by atoms with van der Waals surface area (Å²) in [7, 11) is 1.59. The first-order valence-electron chi connectivity index (χ1n) is 5.13. The number of rotatable bonds is 5. The summed E-state index contributed by atoms with van der Waals surface area (Å²) in [5.41, 5.74) is 6.37. The Morgan fingerprint density at radius 3 is 3.06 bits per heavy atom. The molecule has 0 aliphatic rings. The van der Waals surface area contributed by atoms with Crippen molar-refractivity contribution < 1.29 is 14.0 Å². The molecule has 1 aromatic carbocycles. The van der Waals surface area contributed by atoms with Gasteiger partial charge in [-0.3, -0.25) is 0 Å². The molecule has 1 heterocycles. The standard InChI is InChI=1S/C11H13ClN2O3/c1-15-5-8(13)6-16-11-9-4-7(12)2-3-10(9)17-14-11/h2-4,8H,5-6,13H2,1H3. The summed E-state index contributed by atoms with van der Waals surface area (Å²) in [6.07, 6.45) is 0. The number of aromatic nitrogens is 1. The first-order chi connectivity index (χ1) is 8.20. The third kappa shape index (κ3) is 2.88. The number of nitrogens with two attached hydrogens (primary N) is 1. The Morgan fingerprint density at radius 1 is 1.47 bits per heavy atom. The molecule has 0 bridgehead atoms. The minimum Gasteiger partial charge on any atom is -0.473 e. The Labute approximate surface area is 103 Å². The van der Waals surface area contributed by atoms with Gasteiger partial charge in [0.1, 0.15) is 6.61 Å². The van der Waals surface area contributed by atoms with Crippen molar-refractivity contribution in [1.82, 2.24) is 5.16 Å². The lowest BCUT2D eigenvalue weighted by molar-refractivity contribution is 0.149. The molecule has 0 saturated carbocycles. The molecule has 0 aliphatic heterocycles. The maximum absolute atomic E-state index is 5.89. The summed E-state index contributed by atoms with van der Waals surface area (Å²) in [5.74, 6) is 0.397. The molecule has 0 spiro atoms. The van der Waals surface area contributed by atoms with E-state index >= 15 is 0 Å². The van der Waals surface area contributed by atoms with Gasteiger partial charge in [0.15, 0.2) is 5.58 Å². The van der Waals surface area contributed by atoms with Crippen molar-refractivity contribution in [2.75, 3.05) is 20.3 Å². The topological polar surface area (TPSA) is 70.5 Å². The van der Waals surface area contributed by atoms with Gasteiger partial charge in [-0.05, 0) is 23.4 Å². The van der Waals surface area contributed by atoms with Gasteiger partial charge in [0.2, 0.25) is 0 Å². The minimum atomic E-state index is -0.203. The van der Waals surface area contributed by atoms with Crippen molar-refractivity contribution in [3.8, 4) is 5.88 Å². The van der Waals surface area contributed by atoms with E-state index in [1.807, 2.05) is 0 Å². The molecular weight excluding hydrogens is 244 g/mol. The van der Waals surface area contributed by atoms with Crippen molar-refractivity contribution >= 4 is 22.6 Å².